The molecule has 0 amide bonds. The zero-order valence-electron chi connectivity index (χ0n) is 32.1. The van der Waals surface area contributed by atoms with Crippen molar-refractivity contribution in [2.45, 2.75) is 0 Å². The number of fused-ring (bicyclic) bond motifs is 5. The third-order valence-corrected chi connectivity index (χ3v) is 11.4. The highest BCUT2D eigenvalue weighted by Crippen LogP contribution is 2.41. The second kappa shape index (κ2) is 14.5. The van der Waals surface area contributed by atoms with Crippen LogP contribution in [0.4, 0.5) is 17.1 Å². The van der Waals surface area contributed by atoms with Crippen molar-refractivity contribution in [3.63, 3.8) is 0 Å². The molecule has 0 aliphatic heterocycles. The van der Waals surface area contributed by atoms with Crippen molar-refractivity contribution in [2.24, 2.45) is 0 Å². The maximum absolute atomic E-state index is 4.21. The Balaban J connectivity index is 1.02. The summed E-state index contributed by atoms with van der Waals surface area (Å²) in [7, 11) is 0. The Kier molecular flexibility index (Phi) is 8.41. The van der Waals surface area contributed by atoms with Crippen molar-refractivity contribution in [1.82, 2.24) is 19.1 Å². The Morgan fingerprint density at radius 2 is 0.780 bits per heavy atom. The van der Waals surface area contributed by atoms with E-state index in [1.807, 2.05) is 49.1 Å². The van der Waals surface area contributed by atoms with Crippen LogP contribution in [-0.2, 0) is 0 Å². The van der Waals surface area contributed by atoms with Crippen LogP contribution >= 0.6 is 0 Å². The number of hydrogen-bond acceptors (Lipinski definition) is 3. The lowest BCUT2D eigenvalue weighted by molar-refractivity contribution is 1.13. The summed E-state index contributed by atoms with van der Waals surface area (Å²) in [6.07, 6.45) is 9.54. The van der Waals surface area contributed by atoms with Gasteiger partial charge in [-0.15, -0.1) is 0 Å². The minimum atomic E-state index is 1.08. The lowest BCUT2D eigenvalue weighted by Gasteiger charge is -2.26. The van der Waals surface area contributed by atoms with Crippen LogP contribution in [0.3, 0.4) is 0 Å². The molecule has 7 aromatic carbocycles. The molecule has 0 radical (unpaired) electrons. The van der Waals surface area contributed by atoms with Gasteiger partial charge in [-0.25, -0.2) is 0 Å². The molecular weight excluding hydrogens is 719 g/mol. The fraction of sp³-hybridized carbons (Fsp3) is 0. The summed E-state index contributed by atoms with van der Waals surface area (Å²) >= 11 is 0. The van der Waals surface area contributed by atoms with Crippen LogP contribution in [0.5, 0.6) is 0 Å². The van der Waals surface area contributed by atoms with E-state index in [0.29, 0.717) is 0 Å². The lowest BCUT2D eigenvalue weighted by atomic mass is 10.0. The first-order chi connectivity index (χ1) is 29.3. The van der Waals surface area contributed by atoms with Gasteiger partial charge in [-0.05, 0) is 149 Å². The summed E-state index contributed by atoms with van der Waals surface area (Å²) < 4.78 is 4.68. The number of benzene rings is 7. The van der Waals surface area contributed by atoms with Gasteiger partial charge in [0.2, 0.25) is 0 Å². The molecule has 0 atom stereocenters. The van der Waals surface area contributed by atoms with E-state index >= 15 is 0 Å². The smallest absolute Gasteiger partial charge is 0.0548 e. The van der Waals surface area contributed by atoms with E-state index in [9.17, 15) is 0 Å². The average molecular weight is 756 g/mol. The molecular formula is C54H37N5. The Morgan fingerprint density at radius 1 is 0.339 bits per heavy atom. The number of hydrogen-bond donors (Lipinski definition) is 0. The molecule has 0 N–H and O–H groups in total. The molecule has 0 unspecified atom stereocenters. The molecule has 5 heteroatoms. The van der Waals surface area contributed by atoms with Gasteiger partial charge in [-0.1, -0.05) is 78.9 Å². The second-order valence-corrected chi connectivity index (χ2v) is 14.8. The fourth-order valence-corrected chi connectivity index (χ4v) is 8.53. The van der Waals surface area contributed by atoms with E-state index in [0.717, 1.165) is 56.3 Å². The van der Waals surface area contributed by atoms with Crippen LogP contribution in [-0.4, -0.2) is 19.1 Å². The quantitative estimate of drug-likeness (QED) is 0.155. The van der Waals surface area contributed by atoms with Gasteiger partial charge >= 0.3 is 0 Å². The second-order valence-electron chi connectivity index (χ2n) is 14.8. The number of aromatic nitrogens is 4. The van der Waals surface area contributed by atoms with Crippen LogP contribution in [0, 0.1) is 0 Å². The number of para-hydroxylation sites is 2. The molecule has 59 heavy (non-hydrogen) atoms. The molecule has 0 spiro atoms. The monoisotopic (exact) mass is 755 g/mol. The van der Waals surface area contributed by atoms with Crippen molar-refractivity contribution in [3.8, 4) is 44.8 Å². The molecule has 0 fully saturated rings. The van der Waals surface area contributed by atoms with Crippen LogP contribution in [0.2, 0.25) is 0 Å². The predicted molar refractivity (Wildman–Crippen MR) is 244 cm³/mol. The SMILES string of the molecule is c1ccc(-n2ccc3c4c5cc(-c6ccc(N(c7ccc(-c8ccncc8)cc7)c7ccc(-c8ccncc8)cc7)cc6)ccc5n(-c5ccccc5)c4ccc32)cc1. The van der Waals surface area contributed by atoms with Crippen LogP contribution < -0.4 is 4.90 Å². The fourth-order valence-electron chi connectivity index (χ4n) is 8.53. The van der Waals surface area contributed by atoms with Crippen molar-refractivity contribution < 1.29 is 0 Å². The molecule has 11 aromatic rings. The van der Waals surface area contributed by atoms with E-state index in [-0.39, 0.29) is 0 Å². The lowest BCUT2D eigenvalue weighted by Crippen LogP contribution is -2.09. The van der Waals surface area contributed by atoms with Gasteiger partial charge in [0.05, 0.1) is 16.6 Å². The molecule has 0 saturated heterocycles. The molecule has 0 bridgehead atoms. The van der Waals surface area contributed by atoms with Crippen molar-refractivity contribution in [1.29, 1.82) is 0 Å². The average Bonchev–Trinajstić information content (AvgIpc) is 3.90. The van der Waals surface area contributed by atoms with Gasteiger partial charge in [-0.3, -0.25) is 9.97 Å². The minimum absolute atomic E-state index is 1.08. The summed E-state index contributed by atoms with van der Waals surface area (Å²) in [5, 5.41) is 3.72. The third kappa shape index (κ3) is 6.13. The largest absolute Gasteiger partial charge is 0.317 e. The third-order valence-electron chi connectivity index (χ3n) is 11.4. The number of rotatable bonds is 8. The Bertz CT molecular complexity index is 3130. The van der Waals surface area contributed by atoms with E-state index in [4.69, 9.17) is 0 Å². The molecule has 278 valence electrons. The summed E-state index contributed by atoms with van der Waals surface area (Å²) in [6.45, 7) is 0. The van der Waals surface area contributed by atoms with Gasteiger partial charge < -0.3 is 14.0 Å². The van der Waals surface area contributed by atoms with E-state index < -0.39 is 0 Å². The highest BCUT2D eigenvalue weighted by atomic mass is 15.1. The van der Waals surface area contributed by atoms with Gasteiger partial charge in [-0.2, -0.15) is 0 Å². The van der Waals surface area contributed by atoms with Gasteiger partial charge in [0.25, 0.3) is 0 Å². The first-order valence-corrected chi connectivity index (χ1v) is 19.9. The first-order valence-electron chi connectivity index (χ1n) is 19.9. The van der Waals surface area contributed by atoms with Crippen LogP contribution in [0.15, 0.2) is 225 Å². The highest BCUT2D eigenvalue weighted by molar-refractivity contribution is 6.21. The Labute approximate surface area is 342 Å². The van der Waals surface area contributed by atoms with E-state index in [2.05, 4.69) is 200 Å². The molecule has 0 aliphatic carbocycles. The molecule has 4 aromatic heterocycles. The number of anilines is 3. The standard InChI is InChI=1S/C54H37N5/c1-3-7-44(8-4-1)57-36-31-49-51(57)25-26-53-54(49)50-37-43(17-24-52(50)59(53)45-9-5-2-6-10-45)40-15-22-48(23-16-40)58(46-18-11-38(12-19-46)41-27-32-55-33-28-41)47-20-13-39(14-21-47)42-29-34-56-35-30-42/h1-37H. The molecule has 0 aliphatic rings. The van der Waals surface area contributed by atoms with Gasteiger partial charge in [0, 0.05) is 75.6 Å². The Morgan fingerprint density at radius 3 is 1.32 bits per heavy atom. The van der Waals surface area contributed by atoms with Gasteiger partial charge in [0.15, 0.2) is 0 Å². The number of pyridine rings is 2. The summed E-state index contributed by atoms with van der Waals surface area (Å²) in [5.41, 5.74) is 16.0. The molecule has 5 nitrogen and oxygen atoms in total. The summed E-state index contributed by atoms with van der Waals surface area (Å²) in [5.74, 6) is 0. The molecule has 0 saturated carbocycles. The number of nitrogens with zero attached hydrogens (tertiary/aromatic N) is 5. The predicted octanol–water partition coefficient (Wildman–Crippen LogP) is 14.0. The summed E-state index contributed by atoms with van der Waals surface area (Å²) in [4.78, 5) is 10.7. The van der Waals surface area contributed by atoms with Crippen LogP contribution in [0.25, 0.3) is 77.5 Å². The minimum Gasteiger partial charge on any atom is -0.317 e. The van der Waals surface area contributed by atoms with E-state index in [1.165, 1.54) is 38.3 Å². The van der Waals surface area contributed by atoms with Crippen LogP contribution in [0.1, 0.15) is 0 Å². The zero-order chi connectivity index (χ0) is 39.1. The van der Waals surface area contributed by atoms with Gasteiger partial charge in [0.1, 0.15) is 0 Å². The molecule has 4 heterocycles. The first kappa shape index (κ1) is 34.2. The van der Waals surface area contributed by atoms with Crippen molar-refractivity contribution in [3.05, 3.63) is 225 Å². The molecule has 11 rings (SSSR count). The topological polar surface area (TPSA) is 38.9 Å². The van der Waals surface area contributed by atoms with E-state index in [1.54, 1.807) is 0 Å². The highest BCUT2D eigenvalue weighted by Gasteiger charge is 2.19. The Hall–Kier alpha value is -8.02. The summed E-state index contributed by atoms with van der Waals surface area (Å²) in [6, 6.07) is 69.7. The van der Waals surface area contributed by atoms with Crippen molar-refractivity contribution in [2.75, 3.05) is 4.90 Å². The van der Waals surface area contributed by atoms with Crippen molar-refractivity contribution >= 4 is 49.8 Å². The maximum Gasteiger partial charge on any atom is 0.0548 e. The zero-order valence-corrected chi connectivity index (χ0v) is 32.1. The maximum atomic E-state index is 4.21. The normalized spacial score (nSPS) is 11.4.